The summed E-state index contributed by atoms with van der Waals surface area (Å²) >= 11 is 6.23. The second kappa shape index (κ2) is 5.57. The van der Waals surface area contributed by atoms with Crippen LogP contribution in [0.4, 0.5) is 0 Å². The molecule has 21 heavy (non-hydrogen) atoms. The van der Waals surface area contributed by atoms with Crippen LogP contribution in [-0.4, -0.2) is 18.7 Å². The zero-order valence-electron chi connectivity index (χ0n) is 12.3. The predicted octanol–water partition coefficient (Wildman–Crippen LogP) is 2.32. The van der Waals surface area contributed by atoms with Crippen molar-refractivity contribution in [1.29, 1.82) is 0 Å². The van der Waals surface area contributed by atoms with E-state index < -0.39 is 0 Å². The van der Waals surface area contributed by atoms with Gasteiger partial charge in [-0.05, 0) is 29.2 Å². The molecule has 1 aliphatic heterocycles. The van der Waals surface area contributed by atoms with Gasteiger partial charge in [0.1, 0.15) is 7.85 Å². The molecule has 106 valence electrons. The first-order valence-electron chi connectivity index (χ1n) is 7.24. The fourth-order valence-electron chi connectivity index (χ4n) is 2.84. The molecular formula is C17H17BClNO. The molecule has 1 amide bonds. The SMILES string of the molecule is Bc1cc(Cl)c2c(c1)CN(Cc1ccc(CC)cc1)C2=O. The van der Waals surface area contributed by atoms with Gasteiger partial charge < -0.3 is 4.90 Å². The van der Waals surface area contributed by atoms with Crippen molar-refractivity contribution in [3.8, 4) is 0 Å². The number of carbonyl (C=O) groups is 1. The summed E-state index contributed by atoms with van der Waals surface area (Å²) < 4.78 is 0. The second-order valence-corrected chi connectivity index (χ2v) is 6.02. The lowest BCUT2D eigenvalue weighted by Crippen LogP contribution is -2.23. The number of hydrogen-bond acceptors (Lipinski definition) is 1. The molecule has 0 saturated carbocycles. The van der Waals surface area contributed by atoms with Gasteiger partial charge in [0, 0.05) is 13.1 Å². The highest BCUT2D eigenvalue weighted by molar-refractivity contribution is 6.38. The summed E-state index contributed by atoms with van der Waals surface area (Å²) in [6.45, 7) is 3.41. The highest BCUT2D eigenvalue weighted by Gasteiger charge is 2.29. The van der Waals surface area contributed by atoms with E-state index in [1.165, 1.54) is 5.56 Å². The van der Waals surface area contributed by atoms with Gasteiger partial charge in [-0.3, -0.25) is 4.79 Å². The molecule has 0 bridgehead atoms. The van der Waals surface area contributed by atoms with E-state index in [2.05, 4.69) is 37.3 Å². The van der Waals surface area contributed by atoms with Gasteiger partial charge in [0.2, 0.25) is 0 Å². The molecule has 0 atom stereocenters. The number of hydrogen-bond donors (Lipinski definition) is 0. The summed E-state index contributed by atoms with van der Waals surface area (Å²) in [6.07, 6.45) is 1.03. The van der Waals surface area contributed by atoms with Crippen molar-refractivity contribution < 1.29 is 4.79 Å². The molecule has 2 aromatic carbocycles. The van der Waals surface area contributed by atoms with Crippen molar-refractivity contribution in [2.45, 2.75) is 26.4 Å². The summed E-state index contributed by atoms with van der Waals surface area (Å²) in [5.41, 5.74) is 5.28. The third-order valence-corrected chi connectivity index (χ3v) is 4.28. The van der Waals surface area contributed by atoms with Crippen LogP contribution >= 0.6 is 11.6 Å². The van der Waals surface area contributed by atoms with E-state index in [-0.39, 0.29) is 5.91 Å². The smallest absolute Gasteiger partial charge is 0.256 e. The van der Waals surface area contributed by atoms with Crippen LogP contribution in [0.3, 0.4) is 0 Å². The molecule has 0 spiro atoms. The van der Waals surface area contributed by atoms with Crippen molar-refractivity contribution in [3.63, 3.8) is 0 Å². The maximum Gasteiger partial charge on any atom is 0.256 e. The molecule has 0 N–H and O–H groups in total. The van der Waals surface area contributed by atoms with Gasteiger partial charge in [0.05, 0.1) is 10.6 Å². The summed E-state index contributed by atoms with van der Waals surface area (Å²) in [4.78, 5) is 14.4. The van der Waals surface area contributed by atoms with Gasteiger partial charge in [-0.2, -0.15) is 0 Å². The van der Waals surface area contributed by atoms with Crippen LogP contribution in [0.15, 0.2) is 36.4 Å². The van der Waals surface area contributed by atoms with Gasteiger partial charge >= 0.3 is 0 Å². The molecule has 0 aromatic heterocycles. The molecule has 0 saturated heterocycles. The second-order valence-electron chi connectivity index (χ2n) is 5.61. The Morgan fingerprint density at radius 2 is 1.86 bits per heavy atom. The Labute approximate surface area is 131 Å². The van der Waals surface area contributed by atoms with E-state index in [4.69, 9.17) is 11.6 Å². The van der Waals surface area contributed by atoms with Crippen molar-refractivity contribution in [1.82, 2.24) is 4.90 Å². The molecular weight excluding hydrogens is 280 g/mol. The van der Waals surface area contributed by atoms with Crippen LogP contribution in [0.5, 0.6) is 0 Å². The lowest BCUT2D eigenvalue weighted by Gasteiger charge is -2.15. The van der Waals surface area contributed by atoms with Gasteiger partial charge in [-0.25, -0.2) is 0 Å². The number of rotatable bonds is 3. The molecule has 4 heteroatoms. The number of amides is 1. The lowest BCUT2D eigenvalue weighted by atomic mass is 9.93. The van der Waals surface area contributed by atoms with Crippen molar-refractivity contribution >= 4 is 30.8 Å². The normalized spacial score (nSPS) is 13.6. The number of benzene rings is 2. The summed E-state index contributed by atoms with van der Waals surface area (Å²) in [5.74, 6) is 0.0366. The van der Waals surface area contributed by atoms with Gasteiger partial charge in [0.25, 0.3) is 5.91 Å². The molecule has 2 nitrogen and oxygen atoms in total. The molecule has 3 rings (SSSR count). The third-order valence-electron chi connectivity index (χ3n) is 3.98. The Hall–Kier alpha value is -1.74. The minimum absolute atomic E-state index is 0.0366. The van der Waals surface area contributed by atoms with E-state index in [1.807, 2.05) is 18.8 Å². The largest absolute Gasteiger partial charge is 0.330 e. The number of carbonyl (C=O) groups excluding carboxylic acids is 1. The fraction of sp³-hybridized carbons (Fsp3) is 0.235. The zero-order valence-corrected chi connectivity index (χ0v) is 13.1. The monoisotopic (exact) mass is 297 g/mol. The van der Waals surface area contributed by atoms with E-state index in [9.17, 15) is 4.79 Å². The van der Waals surface area contributed by atoms with Crippen LogP contribution < -0.4 is 5.46 Å². The Morgan fingerprint density at radius 1 is 1.19 bits per heavy atom. The molecule has 2 aromatic rings. The number of nitrogens with zero attached hydrogens (tertiary/aromatic N) is 1. The molecule has 1 aliphatic rings. The van der Waals surface area contributed by atoms with E-state index in [1.54, 1.807) is 0 Å². The number of fused-ring (bicyclic) bond motifs is 1. The quantitative estimate of drug-likeness (QED) is 0.796. The Kier molecular flexibility index (Phi) is 3.77. The third kappa shape index (κ3) is 2.70. The van der Waals surface area contributed by atoms with Crippen LogP contribution in [0.25, 0.3) is 0 Å². The summed E-state index contributed by atoms with van der Waals surface area (Å²) in [7, 11) is 2.00. The maximum atomic E-state index is 12.5. The number of halogens is 1. The average molecular weight is 298 g/mol. The minimum atomic E-state index is 0.0366. The standard InChI is InChI=1S/C17H17BClNO/c1-2-11-3-5-12(6-4-11)9-20-10-13-7-14(18)8-15(19)16(13)17(20)21/h3-8H,2,9-10,18H2,1H3. The van der Waals surface area contributed by atoms with Crippen LogP contribution in [0.2, 0.25) is 5.02 Å². The van der Waals surface area contributed by atoms with Crippen molar-refractivity contribution in [2.24, 2.45) is 0 Å². The maximum absolute atomic E-state index is 12.5. The van der Waals surface area contributed by atoms with Gasteiger partial charge in [-0.15, -0.1) is 0 Å². The first-order valence-corrected chi connectivity index (χ1v) is 7.62. The Bertz CT molecular complexity index is 697. The van der Waals surface area contributed by atoms with Gasteiger partial charge in [0.15, 0.2) is 0 Å². The lowest BCUT2D eigenvalue weighted by molar-refractivity contribution is 0.0767. The van der Waals surface area contributed by atoms with Gasteiger partial charge in [-0.1, -0.05) is 54.3 Å². The van der Waals surface area contributed by atoms with Crippen LogP contribution in [0.1, 0.15) is 34.0 Å². The van der Waals surface area contributed by atoms with E-state index in [0.717, 1.165) is 23.0 Å². The molecule has 0 radical (unpaired) electrons. The summed E-state index contributed by atoms with van der Waals surface area (Å²) in [5, 5.41) is 0.568. The molecule has 1 heterocycles. The molecule has 0 unspecified atom stereocenters. The van der Waals surface area contributed by atoms with E-state index >= 15 is 0 Å². The van der Waals surface area contributed by atoms with Crippen molar-refractivity contribution in [3.05, 3.63) is 63.7 Å². The number of aryl methyl sites for hydroxylation is 1. The average Bonchev–Trinajstić information content (AvgIpc) is 2.76. The Balaban J connectivity index is 1.82. The fourth-order valence-corrected chi connectivity index (χ4v) is 3.22. The first-order chi connectivity index (χ1) is 10.1. The zero-order chi connectivity index (χ0) is 15.0. The van der Waals surface area contributed by atoms with E-state index in [0.29, 0.717) is 23.7 Å². The predicted molar refractivity (Wildman–Crippen MR) is 89.0 cm³/mol. The minimum Gasteiger partial charge on any atom is -0.330 e. The Morgan fingerprint density at radius 3 is 2.52 bits per heavy atom. The molecule has 0 fully saturated rings. The first kappa shape index (κ1) is 14.2. The van der Waals surface area contributed by atoms with Crippen molar-refractivity contribution in [2.75, 3.05) is 0 Å². The van der Waals surface area contributed by atoms with Crippen LogP contribution in [0, 0.1) is 0 Å². The topological polar surface area (TPSA) is 20.3 Å². The summed E-state index contributed by atoms with van der Waals surface area (Å²) in [6, 6.07) is 12.4. The van der Waals surface area contributed by atoms with Crippen LogP contribution in [-0.2, 0) is 19.5 Å². The highest BCUT2D eigenvalue weighted by Crippen LogP contribution is 2.29. The highest BCUT2D eigenvalue weighted by atomic mass is 35.5. The molecule has 0 aliphatic carbocycles.